The lowest BCUT2D eigenvalue weighted by Crippen LogP contribution is -2.38. The number of ether oxygens (including phenoxy) is 1. The van der Waals surface area contributed by atoms with Crippen molar-refractivity contribution in [3.8, 4) is 5.75 Å². The SMILES string of the molecule is COc1cccc(N(CC(=O)Nc2ccc(C)cc2)S(=O)(=O)c2ccc(C)cc2)c1. The van der Waals surface area contributed by atoms with Crippen molar-refractivity contribution in [2.75, 3.05) is 23.3 Å². The molecule has 0 atom stereocenters. The Kier molecular flexibility index (Phi) is 6.42. The fraction of sp³-hybridized carbons (Fsp3) is 0.174. The molecule has 0 aliphatic rings. The van der Waals surface area contributed by atoms with Crippen molar-refractivity contribution in [1.29, 1.82) is 0 Å². The Balaban J connectivity index is 1.95. The van der Waals surface area contributed by atoms with Crippen LogP contribution in [0.25, 0.3) is 0 Å². The van der Waals surface area contributed by atoms with Crippen LogP contribution in [0.15, 0.2) is 77.7 Å². The van der Waals surface area contributed by atoms with Gasteiger partial charge in [0.2, 0.25) is 5.91 Å². The second-order valence-corrected chi connectivity index (χ2v) is 8.80. The van der Waals surface area contributed by atoms with Crippen molar-refractivity contribution in [2.45, 2.75) is 18.7 Å². The van der Waals surface area contributed by atoms with Gasteiger partial charge in [-0.15, -0.1) is 0 Å². The number of hydrogen-bond donors (Lipinski definition) is 1. The molecule has 0 aliphatic heterocycles. The van der Waals surface area contributed by atoms with E-state index in [0.29, 0.717) is 17.1 Å². The van der Waals surface area contributed by atoms with Crippen LogP contribution in [-0.4, -0.2) is 28.0 Å². The third-order valence-electron chi connectivity index (χ3n) is 4.57. The molecule has 0 aliphatic carbocycles. The number of methoxy groups -OCH3 is 1. The summed E-state index contributed by atoms with van der Waals surface area (Å²) in [5, 5.41) is 2.75. The maximum atomic E-state index is 13.4. The van der Waals surface area contributed by atoms with Gasteiger partial charge in [0.05, 0.1) is 17.7 Å². The predicted octanol–water partition coefficient (Wildman–Crippen LogP) is 4.15. The number of carbonyl (C=O) groups excluding carboxylic acids is 1. The zero-order valence-corrected chi connectivity index (χ0v) is 17.9. The number of anilines is 2. The fourth-order valence-electron chi connectivity index (χ4n) is 2.89. The highest BCUT2D eigenvalue weighted by Crippen LogP contribution is 2.27. The average Bonchev–Trinajstić information content (AvgIpc) is 2.74. The van der Waals surface area contributed by atoms with Crippen LogP contribution >= 0.6 is 0 Å². The molecule has 7 heteroatoms. The van der Waals surface area contributed by atoms with E-state index in [1.54, 1.807) is 48.5 Å². The van der Waals surface area contributed by atoms with Gasteiger partial charge >= 0.3 is 0 Å². The second kappa shape index (κ2) is 9.00. The first-order chi connectivity index (χ1) is 14.3. The highest BCUT2D eigenvalue weighted by Gasteiger charge is 2.27. The van der Waals surface area contributed by atoms with Gasteiger partial charge in [0.25, 0.3) is 10.0 Å². The lowest BCUT2D eigenvalue weighted by Gasteiger charge is -2.24. The molecule has 30 heavy (non-hydrogen) atoms. The summed E-state index contributed by atoms with van der Waals surface area (Å²) in [6, 6.07) is 20.4. The summed E-state index contributed by atoms with van der Waals surface area (Å²) in [6.45, 7) is 3.45. The van der Waals surface area contributed by atoms with Crippen molar-refractivity contribution >= 4 is 27.3 Å². The number of hydrogen-bond acceptors (Lipinski definition) is 4. The van der Waals surface area contributed by atoms with Gasteiger partial charge in [-0.25, -0.2) is 8.42 Å². The van der Waals surface area contributed by atoms with Gasteiger partial charge in [0, 0.05) is 11.8 Å². The predicted molar refractivity (Wildman–Crippen MR) is 119 cm³/mol. The summed E-state index contributed by atoms with van der Waals surface area (Å²) in [5.74, 6) is 0.0490. The first-order valence-electron chi connectivity index (χ1n) is 9.39. The number of nitrogens with zero attached hydrogens (tertiary/aromatic N) is 1. The zero-order chi connectivity index (χ0) is 21.7. The number of carbonyl (C=O) groups is 1. The van der Waals surface area contributed by atoms with Crippen molar-refractivity contribution in [1.82, 2.24) is 0 Å². The smallest absolute Gasteiger partial charge is 0.264 e. The maximum Gasteiger partial charge on any atom is 0.264 e. The second-order valence-electron chi connectivity index (χ2n) is 6.94. The topological polar surface area (TPSA) is 75.7 Å². The summed E-state index contributed by atoms with van der Waals surface area (Å²) in [6.07, 6.45) is 0. The van der Waals surface area contributed by atoms with E-state index in [1.165, 1.54) is 19.2 Å². The van der Waals surface area contributed by atoms with Crippen molar-refractivity contribution < 1.29 is 17.9 Å². The van der Waals surface area contributed by atoms with Crippen LogP contribution in [0.4, 0.5) is 11.4 Å². The van der Waals surface area contributed by atoms with Crippen molar-refractivity contribution in [2.24, 2.45) is 0 Å². The third-order valence-corrected chi connectivity index (χ3v) is 6.36. The Morgan fingerprint density at radius 2 is 1.53 bits per heavy atom. The number of nitrogens with one attached hydrogen (secondary N) is 1. The molecule has 156 valence electrons. The average molecular weight is 425 g/mol. The Morgan fingerprint density at radius 1 is 0.933 bits per heavy atom. The standard InChI is InChI=1S/C23H24N2O4S/c1-17-7-11-19(12-8-17)24-23(26)16-25(20-5-4-6-21(15-20)29-3)30(27,28)22-13-9-18(2)10-14-22/h4-15H,16H2,1-3H3,(H,24,26). The van der Waals surface area contributed by atoms with E-state index < -0.39 is 15.9 Å². The van der Waals surface area contributed by atoms with Crippen LogP contribution < -0.4 is 14.4 Å². The normalized spacial score (nSPS) is 11.0. The van der Waals surface area contributed by atoms with Gasteiger partial charge in [0.15, 0.2) is 0 Å². The van der Waals surface area contributed by atoms with E-state index in [4.69, 9.17) is 4.74 Å². The van der Waals surface area contributed by atoms with Crippen LogP contribution in [0.3, 0.4) is 0 Å². The molecule has 3 aromatic rings. The van der Waals surface area contributed by atoms with Gasteiger partial charge in [-0.3, -0.25) is 9.10 Å². The number of amides is 1. The molecule has 3 aromatic carbocycles. The molecule has 3 rings (SSSR count). The largest absolute Gasteiger partial charge is 0.497 e. The van der Waals surface area contributed by atoms with E-state index in [9.17, 15) is 13.2 Å². The molecule has 0 bridgehead atoms. The first-order valence-corrected chi connectivity index (χ1v) is 10.8. The zero-order valence-electron chi connectivity index (χ0n) is 17.1. The van der Waals surface area contributed by atoms with Gasteiger partial charge in [-0.05, 0) is 50.2 Å². The summed E-state index contributed by atoms with van der Waals surface area (Å²) in [7, 11) is -2.47. The summed E-state index contributed by atoms with van der Waals surface area (Å²) < 4.78 is 33.1. The number of rotatable bonds is 7. The minimum absolute atomic E-state index is 0.110. The molecule has 0 saturated heterocycles. The van der Waals surface area contributed by atoms with E-state index in [2.05, 4.69) is 5.32 Å². The van der Waals surface area contributed by atoms with E-state index in [1.807, 2.05) is 26.0 Å². The molecule has 0 radical (unpaired) electrons. The van der Waals surface area contributed by atoms with Gasteiger partial charge in [0.1, 0.15) is 12.3 Å². The Bertz CT molecular complexity index is 1120. The Labute approximate surface area is 177 Å². The van der Waals surface area contributed by atoms with E-state index in [0.717, 1.165) is 15.4 Å². The molecule has 0 spiro atoms. The molecule has 6 nitrogen and oxygen atoms in total. The summed E-state index contributed by atoms with van der Waals surface area (Å²) in [5.41, 5.74) is 2.95. The number of aryl methyl sites for hydroxylation is 2. The molecule has 0 heterocycles. The van der Waals surface area contributed by atoms with Crippen LogP contribution in [0.1, 0.15) is 11.1 Å². The number of sulfonamides is 1. The Morgan fingerprint density at radius 3 is 2.13 bits per heavy atom. The van der Waals surface area contributed by atoms with Crippen LogP contribution in [-0.2, 0) is 14.8 Å². The Hall–Kier alpha value is -3.32. The highest BCUT2D eigenvalue weighted by atomic mass is 32.2. The molecule has 0 aromatic heterocycles. The summed E-state index contributed by atoms with van der Waals surface area (Å²) >= 11 is 0. The maximum absolute atomic E-state index is 13.4. The fourth-order valence-corrected chi connectivity index (χ4v) is 4.30. The number of benzene rings is 3. The molecule has 1 N–H and O–H groups in total. The lowest BCUT2D eigenvalue weighted by atomic mass is 10.2. The molecular weight excluding hydrogens is 400 g/mol. The quantitative estimate of drug-likeness (QED) is 0.618. The molecule has 0 fully saturated rings. The van der Waals surface area contributed by atoms with Crippen molar-refractivity contribution in [3.05, 3.63) is 83.9 Å². The monoisotopic (exact) mass is 424 g/mol. The van der Waals surface area contributed by atoms with Gasteiger partial charge < -0.3 is 10.1 Å². The molecule has 0 unspecified atom stereocenters. The van der Waals surface area contributed by atoms with Gasteiger partial charge in [-0.1, -0.05) is 41.5 Å². The minimum Gasteiger partial charge on any atom is -0.497 e. The molecule has 1 amide bonds. The highest BCUT2D eigenvalue weighted by molar-refractivity contribution is 7.92. The van der Waals surface area contributed by atoms with Crippen molar-refractivity contribution in [3.63, 3.8) is 0 Å². The van der Waals surface area contributed by atoms with E-state index in [-0.39, 0.29) is 11.4 Å². The lowest BCUT2D eigenvalue weighted by molar-refractivity contribution is -0.114. The third kappa shape index (κ3) is 4.99. The molecule has 0 saturated carbocycles. The van der Waals surface area contributed by atoms with Crippen LogP contribution in [0.5, 0.6) is 5.75 Å². The van der Waals surface area contributed by atoms with Gasteiger partial charge in [-0.2, -0.15) is 0 Å². The van der Waals surface area contributed by atoms with E-state index >= 15 is 0 Å². The first kappa shape index (κ1) is 21.4. The van der Waals surface area contributed by atoms with Crippen LogP contribution in [0, 0.1) is 13.8 Å². The summed E-state index contributed by atoms with van der Waals surface area (Å²) in [4.78, 5) is 12.8. The molecular formula is C23H24N2O4S. The minimum atomic E-state index is -3.97. The van der Waals surface area contributed by atoms with Crippen LogP contribution in [0.2, 0.25) is 0 Å².